The molecule has 0 spiro atoms. The first-order valence-corrected chi connectivity index (χ1v) is 13.2. The number of nitrogens with zero attached hydrogens (tertiary/aromatic N) is 3. The second-order valence-corrected chi connectivity index (χ2v) is 10.8. The number of hydrogen-bond donors (Lipinski definition) is 0. The van der Waals surface area contributed by atoms with E-state index < -0.39 is 0 Å². The lowest BCUT2D eigenvalue weighted by atomic mass is 9.94. The van der Waals surface area contributed by atoms with E-state index in [0.717, 1.165) is 50.8 Å². The molecule has 2 heterocycles. The number of halogens is 1. The predicted molar refractivity (Wildman–Crippen MR) is 137 cm³/mol. The third kappa shape index (κ3) is 4.09. The van der Waals surface area contributed by atoms with Crippen molar-refractivity contribution in [2.75, 3.05) is 11.4 Å². The summed E-state index contributed by atoms with van der Waals surface area (Å²) in [6, 6.07) is 14.4. The van der Waals surface area contributed by atoms with Gasteiger partial charge in [0.25, 0.3) is 5.91 Å². The standard InChI is InChI=1S/C25H26ClN3OS2/c1-3-28-20-15-17(26)11-14-21(20)31-24(28)22-23(30)29(19-7-5-4-6-8-19)25(32-22)27-18-12-9-16(2)10-13-18/h9-15,19H,3-8H2,1-2H3/b24-22-,27-25?. The number of thioether (sulfide) groups is 2. The lowest BCUT2D eigenvalue weighted by molar-refractivity contribution is -0.124. The van der Waals surface area contributed by atoms with Gasteiger partial charge in [0, 0.05) is 22.5 Å². The average molecular weight is 484 g/mol. The minimum Gasteiger partial charge on any atom is -0.334 e. The van der Waals surface area contributed by atoms with Gasteiger partial charge in [-0.15, -0.1) is 0 Å². The number of anilines is 1. The van der Waals surface area contributed by atoms with Crippen LogP contribution in [0.4, 0.5) is 11.4 Å². The predicted octanol–water partition coefficient (Wildman–Crippen LogP) is 7.35. The molecule has 1 saturated carbocycles. The maximum Gasteiger partial charge on any atom is 0.269 e. The van der Waals surface area contributed by atoms with E-state index in [-0.39, 0.29) is 11.9 Å². The summed E-state index contributed by atoms with van der Waals surface area (Å²) < 4.78 is 0. The molecule has 2 fully saturated rings. The third-order valence-electron chi connectivity index (χ3n) is 6.19. The first-order chi connectivity index (χ1) is 15.5. The number of fused-ring (bicyclic) bond motifs is 1. The first-order valence-electron chi connectivity index (χ1n) is 11.2. The number of aryl methyl sites for hydroxylation is 1. The van der Waals surface area contributed by atoms with Gasteiger partial charge in [-0.3, -0.25) is 9.69 Å². The zero-order valence-corrected chi connectivity index (χ0v) is 20.7. The molecule has 0 atom stereocenters. The fourth-order valence-corrected chi connectivity index (χ4v) is 7.12. The van der Waals surface area contributed by atoms with Gasteiger partial charge in [-0.1, -0.05) is 60.3 Å². The fourth-order valence-electron chi connectivity index (χ4n) is 4.52. The Bertz CT molecular complexity index is 1110. The molecule has 2 aromatic rings. The van der Waals surface area contributed by atoms with Gasteiger partial charge in [0.05, 0.1) is 11.4 Å². The average Bonchev–Trinajstić information content (AvgIpc) is 3.32. The number of carbonyl (C=O) groups is 1. The quantitative estimate of drug-likeness (QED) is 0.427. The summed E-state index contributed by atoms with van der Waals surface area (Å²) in [7, 11) is 0. The molecule has 0 unspecified atom stereocenters. The molecule has 32 heavy (non-hydrogen) atoms. The molecule has 2 aliphatic heterocycles. The van der Waals surface area contributed by atoms with Crippen molar-refractivity contribution < 1.29 is 4.79 Å². The van der Waals surface area contributed by atoms with E-state index in [9.17, 15) is 4.79 Å². The molecule has 2 aromatic carbocycles. The second-order valence-electron chi connectivity index (χ2n) is 8.39. The van der Waals surface area contributed by atoms with Crippen LogP contribution >= 0.6 is 35.1 Å². The Morgan fingerprint density at radius 2 is 1.81 bits per heavy atom. The van der Waals surface area contributed by atoms with Crippen LogP contribution in [0, 0.1) is 6.92 Å². The third-order valence-corrected chi connectivity index (χ3v) is 8.78. The van der Waals surface area contributed by atoms with Gasteiger partial charge in [0.15, 0.2) is 5.17 Å². The zero-order chi connectivity index (χ0) is 22.2. The molecule has 1 saturated heterocycles. The number of rotatable bonds is 3. The van der Waals surface area contributed by atoms with Gasteiger partial charge >= 0.3 is 0 Å². The van der Waals surface area contributed by atoms with E-state index in [1.165, 1.54) is 36.6 Å². The van der Waals surface area contributed by atoms with Crippen molar-refractivity contribution in [1.82, 2.24) is 4.90 Å². The zero-order valence-electron chi connectivity index (χ0n) is 18.3. The monoisotopic (exact) mass is 483 g/mol. The van der Waals surface area contributed by atoms with Crippen LogP contribution in [-0.2, 0) is 4.79 Å². The summed E-state index contributed by atoms with van der Waals surface area (Å²) in [6.07, 6.45) is 5.68. The number of benzene rings is 2. The molecule has 0 aromatic heterocycles. The van der Waals surface area contributed by atoms with Crippen LogP contribution in [0.3, 0.4) is 0 Å². The van der Waals surface area contributed by atoms with Crippen molar-refractivity contribution in [3.8, 4) is 0 Å². The molecule has 166 valence electrons. The minimum atomic E-state index is 0.0904. The Hall–Kier alpha value is -1.89. The Labute approximate surface area is 203 Å². The molecule has 5 rings (SSSR count). The Kier molecular flexibility index (Phi) is 6.28. The van der Waals surface area contributed by atoms with E-state index in [1.54, 1.807) is 11.8 Å². The lowest BCUT2D eigenvalue weighted by Crippen LogP contribution is -2.40. The van der Waals surface area contributed by atoms with Crippen molar-refractivity contribution in [3.63, 3.8) is 0 Å². The van der Waals surface area contributed by atoms with Crippen molar-refractivity contribution in [1.29, 1.82) is 0 Å². The molecular weight excluding hydrogens is 458 g/mol. The smallest absolute Gasteiger partial charge is 0.269 e. The summed E-state index contributed by atoms with van der Waals surface area (Å²) in [5, 5.41) is 2.51. The highest BCUT2D eigenvalue weighted by Gasteiger charge is 2.42. The van der Waals surface area contributed by atoms with E-state index in [4.69, 9.17) is 16.6 Å². The normalized spacial score (nSPS) is 22.8. The summed E-state index contributed by atoms with van der Waals surface area (Å²) in [5.41, 5.74) is 3.17. The number of hydrogen-bond acceptors (Lipinski definition) is 5. The van der Waals surface area contributed by atoms with Crippen molar-refractivity contribution >= 4 is 57.6 Å². The molecule has 1 amide bonds. The Morgan fingerprint density at radius 3 is 2.53 bits per heavy atom. The SMILES string of the molecule is CCN1/C(=C2/SC(=Nc3ccc(C)cc3)N(C3CCCCC3)C2=O)Sc2ccc(Cl)cc21. The molecule has 0 radical (unpaired) electrons. The molecule has 0 N–H and O–H groups in total. The van der Waals surface area contributed by atoms with Crippen LogP contribution < -0.4 is 4.90 Å². The van der Waals surface area contributed by atoms with Crippen LogP contribution in [0.5, 0.6) is 0 Å². The minimum absolute atomic E-state index is 0.0904. The van der Waals surface area contributed by atoms with Gasteiger partial charge in [-0.25, -0.2) is 4.99 Å². The van der Waals surface area contributed by atoms with Crippen LogP contribution in [0.2, 0.25) is 5.02 Å². The lowest BCUT2D eigenvalue weighted by Gasteiger charge is -2.30. The molecule has 0 bridgehead atoms. The molecular formula is C25H26ClN3OS2. The Morgan fingerprint density at radius 1 is 1.06 bits per heavy atom. The van der Waals surface area contributed by atoms with Gasteiger partial charge in [-0.2, -0.15) is 0 Å². The highest BCUT2D eigenvalue weighted by Crippen LogP contribution is 2.52. The maximum absolute atomic E-state index is 13.8. The van der Waals surface area contributed by atoms with Crippen LogP contribution in [0.15, 0.2) is 62.3 Å². The summed E-state index contributed by atoms with van der Waals surface area (Å²) >= 11 is 9.46. The first kappa shape index (κ1) is 21.9. The second kappa shape index (κ2) is 9.16. The number of amides is 1. The number of aliphatic imine (C=N–C) groups is 1. The Balaban J connectivity index is 1.57. The van der Waals surface area contributed by atoms with Gasteiger partial charge in [0.2, 0.25) is 0 Å². The summed E-state index contributed by atoms with van der Waals surface area (Å²) in [4.78, 5) is 24.9. The number of amidine groups is 1. The van der Waals surface area contributed by atoms with Gasteiger partial charge < -0.3 is 4.90 Å². The van der Waals surface area contributed by atoms with Gasteiger partial charge in [0.1, 0.15) is 9.93 Å². The van der Waals surface area contributed by atoms with Crippen molar-refractivity contribution in [2.24, 2.45) is 4.99 Å². The van der Waals surface area contributed by atoms with Gasteiger partial charge in [-0.05, 0) is 68.8 Å². The van der Waals surface area contributed by atoms with Crippen molar-refractivity contribution in [2.45, 2.75) is 56.9 Å². The maximum atomic E-state index is 13.8. The van der Waals surface area contributed by atoms with E-state index in [1.807, 2.05) is 35.2 Å². The fraction of sp³-hybridized carbons (Fsp3) is 0.360. The van der Waals surface area contributed by atoms with Crippen LogP contribution in [0.1, 0.15) is 44.6 Å². The highest BCUT2D eigenvalue weighted by atomic mass is 35.5. The largest absolute Gasteiger partial charge is 0.334 e. The van der Waals surface area contributed by atoms with Crippen molar-refractivity contribution in [3.05, 3.63) is 63.0 Å². The molecule has 7 heteroatoms. The highest BCUT2D eigenvalue weighted by molar-refractivity contribution is 8.19. The summed E-state index contributed by atoms with van der Waals surface area (Å²) in [5.74, 6) is 0.0904. The van der Waals surface area contributed by atoms with E-state index in [2.05, 4.69) is 30.9 Å². The van der Waals surface area contributed by atoms with Crippen LogP contribution in [-0.4, -0.2) is 28.6 Å². The summed E-state index contributed by atoms with van der Waals surface area (Å²) in [6.45, 7) is 4.96. The number of carbonyl (C=O) groups excluding carboxylic acids is 1. The molecule has 4 nitrogen and oxygen atoms in total. The topological polar surface area (TPSA) is 35.9 Å². The molecule has 1 aliphatic carbocycles. The molecule has 3 aliphatic rings. The van der Waals surface area contributed by atoms with Crippen LogP contribution in [0.25, 0.3) is 0 Å². The van der Waals surface area contributed by atoms with E-state index in [0.29, 0.717) is 5.02 Å². The van der Waals surface area contributed by atoms with E-state index >= 15 is 0 Å².